The molecular formula is C18H15N3O. The minimum absolute atomic E-state index is 0.518. The largest absolute Gasteiger partial charge is 0.489 e. The van der Waals surface area contributed by atoms with Gasteiger partial charge in [-0.05, 0) is 48.9 Å². The molecule has 0 amide bonds. The van der Waals surface area contributed by atoms with Gasteiger partial charge in [0, 0.05) is 18.0 Å². The molecule has 0 spiro atoms. The average Bonchev–Trinajstić information content (AvgIpc) is 2.96. The number of hydrogen-bond acceptors (Lipinski definition) is 3. The summed E-state index contributed by atoms with van der Waals surface area (Å²) in [5.74, 6) is 0.808. The highest BCUT2D eigenvalue weighted by atomic mass is 16.5. The number of benzene rings is 1. The summed E-state index contributed by atoms with van der Waals surface area (Å²) in [5.41, 5.74) is 4.28. The number of nitriles is 1. The van der Waals surface area contributed by atoms with Gasteiger partial charge < -0.3 is 9.14 Å². The smallest absolute Gasteiger partial charge is 0.137 e. The maximum Gasteiger partial charge on any atom is 0.137 e. The number of fused-ring (bicyclic) bond motifs is 1. The Bertz CT molecular complexity index is 869. The van der Waals surface area contributed by atoms with Crippen molar-refractivity contribution in [2.75, 3.05) is 6.61 Å². The Morgan fingerprint density at radius 3 is 2.68 bits per heavy atom. The van der Waals surface area contributed by atoms with Crippen LogP contribution in [0.15, 0.2) is 60.9 Å². The summed E-state index contributed by atoms with van der Waals surface area (Å²) in [7, 11) is 0. The van der Waals surface area contributed by atoms with Crippen LogP contribution >= 0.6 is 0 Å². The molecular weight excluding hydrogens is 274 g/mol. The maximum absolute atomic E-state index is 8.94. The standard InChI is InChI=1S/C18H15N3O/c1-13(2)12-22-16-6-4-15(5-7-16)17-11-21-10-14(9-19)3-8-18(21)20-17/h3-8,10-11H,1,12H2,2H3. The third-order valence-electron chi connectivity index (χ3n) is 3.22. The van der Waals surface area contributed by atoms with Gasteiger partial charge in [0.05, 0.1) is 11.3 Å². The maximum atomic E-state index is 8.94. The van der Waals surface area contributed by atoms with Crippen molar-refractivity contribution in [3.05, 3.63) is 66.5 Å². The lowest BCUT2D eigenvalue weighted by molar-refractivity contribution is 0.353. The normalized spacial score (nSPS) is 10.4. The van der Waals surface area contributed by atoms with Crippen LogP contribution in [0.4, 0.5) is 0 Å². The second kappa shape index (κ2) is 5.74. The first-order valence-corrected chi connectivity index (χ1v) is 6.92. The lowest BCUT2D eigenvalue weighted by atomic mass is 10.1. The number of hydrogen-bond donors (Lipinski definition) is 0. The molecule has 0 aliphatic heterocycles. The molecule has 2 aromatic heterocycles. The molecule has 4 heteroatoms. The van der Waals surface area contributed by atoms with Crippen molar-refractivity contribution in [1.82, 2.24) is 9.38 Å². The van der Waals surface area contributed by atoms with Crippen molar-refractivity contribution in [2.45, 2.75) is 6.92 Å². The van der Waals surface area contributed by atoms with Gasteiger partial charge in [-0.25, -0.2) is 4.98 Å². The van der Waals surface area contributed by atoms with Gasteiger partial charge in [-0.3, -0.25) is 0 Å². The topological polar surface area (TPSA) is 50.3 Å². The van der Waals surface area contributed by atoms with Crippen LogP contribution in [0, 0.1) is 11.3 Å². The number of nitrogens with zero attached hydrogens (tertiary/aromatic N) is 3. The summed E-state index contributed by atoms with van der Waals surface area (Å²) in [6.07, 6.45) is 3.69. The molecule has 1 aromatic carbocycles. The van der Waals surface area contributed by atoms with E-state index in [-0.39, 0.29) is 0 Å². The first kappa shape index (κ1) is 13.9. The van der Waals surface area contributed by atoms with E-state index in [1.165, 1.54) is 0 Å². The highest BCUT2D eigenvalue weighted by molar-refractivity contribution is 5.63. The molecule has 0 bridgehead atoms. The Hall–Kier alpha value is -3.06. The lowest BCUT2D eigenvalue weighted by Gasteiger charge is -2.05. The van der Waals surface area contributed by atoms with Crippen LogP contribution in [0.1, 0.15) is 12.5 Å². The number of imidazole rings is 1. The van der Waals surface area contributed by atoms with E-state index < -0.39 is 0 Å². The molecule has 0 saturated heterocycles. The van der Waals surface area contributed by atoms with Crippen molar-refractivity contribution < 1.29 is 4.74 Å². The highest BCUT2D eigenvalue weighted by Crippen LogP contribution is 2.22. The third kappa shape index (κ3) is 2.84. The molecule has 0 fully saturated rings. The fourth-order valence-corrected chi connectivity index (χ4v) is 2.13. The monoisotopic (exact) mass is 289 g/mol. The molecule has 0 saturated carbocycles. The average molecular weight is 289 g/mol. The fraction of sp³-hybridized carbons (Fsp3) is 0.111. The quantitative estimate of drug-likeness (QED) is 0.686. The Kier molecular flexibility index (Phi) is 3.63. The minimum atomic E-state index is 0.518. The molecule has 3 rings (SSSR count). The highest BCUT2D eigenvalue weighted by Gasteiger charge is 2.05. The summed E-state index contributed by atoms with van der Waals surface area (Å²) >= 11 is 0. The first-order valence-electron chi connectivity index (χ1n) is 6.92. The van der Waals surface area contributed by atoms with Gasteiger partial charge in [0.2, 0.25) is 0 Å². The van der Waals surface area contributed by atoms with E-state index in [0.29, 0.717) is 12.2 Å². The molecule has 2 heterocycles. The van der Waals surface area contributed by atoms with Crippen LogP contribution in [0.25, 0.3) is 16.9 Å². The number of rotatable bonds is 4. The molecule has 0 radical (unpaired) electrons. The van der Waals surface area contributed by atoms with E-state index in [4.69, 9.17) is 10.00 Å². The van der Waals surface area contributed by atoms with Crippen LogP contribution in [-0.2, 0) is 0 Å². The van der Waals surface area contributed by atoms with Gasteiger partial charge in [-0.1, -0.05) is 6.58 Å². The molecule has 4 nitrogen and oxygen atoms in total. The van der Waals surface area contributed by atoms with Crippen molar-refractivity contribution in [3.8, 4) is 23.1 Å². The van der Waals surface area contributed by atoms with E-state index in [9.17, 15) is 0 Å². The first-order chi connectivity index (χ1) is 10.7. The van der Waals surface area contributed by atoms with Crippen LogP contribution in [0.3, 0.4) is 0 Å². The predicted octanol–water partition coefficient (Wildman–Crippen LogP) is 3.83. The van der Waals surface area contributed by atoms with Crippen molar-refractivity contribution in [2.24, 2.45) is 0 Å². The van der Waals surface area contributed by atoms with E-state index in [1.807, 2.05) is 47.9 Å². The zero-order chi connectivity index (χ0) is 15.5. The third-order valence-corrected chi connectivity index (χ3v) is 3.22. The Morgan fingerprint density at radius 2 is 2.00 bits per heavy atom. The van der Waals surface area contributed by atoms with Crippen LogP contribution in [0.2, 0.25) is 0 Å². The molecule has 108 valence electrons. The summed E-state index contributed by atoms with van der Waals surface area (Å²) in [4.78, 5) is 4.56. The zero-order valence-corrected chi connectivity index (χ0v) is 12.3. The summed E-state index contributed by atoms with van der Waals surface area (Å²) < 4.78 is 7.45. The lowest BCUT2D eigenvalue weighted by Crippen LogP contribution is -1.97. The molecule has 0 aliphatic rings. The summed E-state index contributed by atoms with van der Waals surface area (Å²) in [6, 6.07) is 13.5. The molecule has 22 heavy (non-hydrogen) atoms. The molecule has 0 unspecified atom stereocenters. The predicted molar refractivity (Wildman–Crippen MR) is 85.7 cm³/mol. The molecule has 0 atom stereocenters. The number of ether oxygens (including phenoxy) is 1. The van der Waals surface area contributed by atoms with Crippen LogP contribution < -0.4 is 4.74 Å². The van der Waals surface area contributed by atoms with E-state index in [2.05, 4.69) is 17.6 Å². The Labute approximate surface area is 128 Å². The van der Waals surface area contributed by atoms with Crippen molar-refractivity contribution >= 4 is 5.65 Å². The zero-order valence-electron chi connectivity index (χ0n) is 12.3. The van der Waals surface area contributed by atoms with E-state index in [1.54, 1.807) is 12.3 Å². The second-order valence-electron chi connectivity index (χ2n) is 5.19. The minimum Gasteiger partial charge on any atom is -0.489 e. The molecule has 3 aromatic rings. The Balaban J connectivity index is 1.87. The van der Waals surface area contributed by atoms with Gasteiger partial charge >= 0.3 is 0 Å². The molecule has 0 N–H and O–H groups in total. The summed E-state index contributed by atoms with van der Waals surface area (Å²) in [6.45, 7) is 6.26. The Morgan fingerprint density at radius 1 is 1.23 bits per heavy atom. The second-order valence-corrected chi connectivity index (χ2v) is 5.19. The van der Waals surface area contributed by atoms with Crippen molar-refractivity contribution in [3.63, 3.8) is 0 Å². The van der Waals surface area contributed by atoms with Crippen LogP contribution in [-0.4, -0.2) is 16.0 Å². The van der Waals surface area contributed by atoms with Gasteiger partial charge in [0.25, 0.3) is 0 Å². The number of pyridine rings is 1. The summed E-state index contributed by atoms with van der Waals surface area (Å²) in [5, 5.41) is 8.94. The SMILES string of the molecule is C=C(C)COc1ccc(-c2cn3cc(C#N)ccc3n2)cc1. The number of aromatic nitrogens is 2. The van der Waals surface area contributed by atoms with E-state index in [0.717, 1.165) is 28.2 Å². The van der Waals surface area contributed by atoms with Gasteiger partial charge in [0.15, 0.2) is 0 Å². The molecule has 0 aliphatic carbocycles. The van der Waals surface area contributed by atoms with Gasteiger partial charge in [0.1, 0.15) is 24.1 Å². The fourth-order valence-electron chi connectivity index (χ4n) is 2.13. The van der Waals surface area contributed by atoms with Crippen molar-refractivity contribution in [1.29, 1.82) is 5.26 Å². The van der Waals surface area contributed by atoms with Crippen LogP contribution in [0.5, 0.6) is 5.75 Å². The van der Waals surface area contributed by atoms with Gasteiger partial charge in [-0.2, -0.15) is 5.26 Å². The van der Waals surface area contributed by atoms with E-state index >= 15 is 0 Å². The van der Waals surface area contributed by atoms with Gasteiger partial charge in [-0.15, -0.1) is 0 Å².